The largest absolute Gasteiger partial charge is 0.372 e. The lowest BCUT2D eigenvalue weighted by Gasteiger charge is -2.35. The van der Waals surface area contributed by atoms with Crippen LogP contribution in [0, 0.1) is 5.92 Å². The maximum atomic E-state index is 13.0. The molecule has 3 heterocycles. The van der Waals surface area contributed by atoms with E-state index in [2.05, 4.69) is 34.4 Å². The summed E-state index contributed by atoms with van der Waals surface area (Å²) in [6.07, 6.45) is 2.56. The SMILES string of the molecule is CC(C)CC1Nc2ccc(C(=O)N3CCN(c4ccccn4)CC3)cc2NC1=O. The van der Waals surface area contributed by atoms with Gasteiger partial charge in [-0.1, -0.05) is 19.9 Å². The van der Waals surface area contributed by atoms with Crippen molar-refractivity contribution in [3.05, 3.63) is 48.2 Å². The Hall–Kier alpha value is -3.09. The molecular formula is C22H27N5O2. The highest BCUT2D eigenvalue weighted by Crippen LogP contribution is 2.30. The fourth-order valence-electron chi connectivity index (χ4n) is 3.88. The van der Waals surface area contributed by atoms with Crippen LogP contribution in [0.15, 0.2) is 42.6 Å². The Morgan fingerprint density at radius 3 is 2.62 bits per heavy atom. The predicted octanol–water partition coefficient (Wildman–Crippen LogP) is 2.82. The van der Waals surface area contributed by atoms with Crippen molar-refractivity contribution in [2.75, 3.05) is 41.7 Å². The van der Waals surface area contributed by atoms with Crippen molar-refractivity contribution < 1.29 is 9.59 Å². The minimum absolute atomic E-state index is 0.00739. The fourth-order valence-corrected chi connectivity index (χ4v) is 3.88. The Bertz CT molecular complexity index is 891. The highest BCUT2D eigenvalue weighted by Gasteiger charge is 2.28. The van der Waals surface area contributed by atoms with Crippen LogP contribution in [0.25, 0.3) is 0 Å². The Labute approximate surface area is 171 Å². The average molecular weight is 393 g/mol. The molecule has 2 N–H and O–H groups in total. The number of hydrogen-bond donors (Lipinski definition) is 2. The first-order valence-corrected chi connectivity index (χ1v) is 10.2. The van der Waals surface area contributed by atoms with Crippen LogP contribution in [-0.4, -0.2) is 53.9 Å². The zero-order valence-electron chi connectivity index (χ0n) is 16.9. The summed E-state index contributed by atoms with van der Waals surface area (Å²) in [5.41, 5.74) is 2.14. The molecule has 1 aromatic heterocycles. The molecule has 29 heavy (non-hydrogen) atoms. The third kappa shape index (κ3) is 4.18. The van der Waals surface area contributed by atoms with Gasteiger partial charge in [-0.2, -0.15) is 0 Å². The number of hydrogen-bond acceptors (Lipinski definition) is 5. The molecule has 4 rings (SSSR count). The first-order chi connectivity index (χ1) is 14.0. The summed E-state index contributed by atoms with van der Waals surface area (Å²) in [5.74, 6) is 1.32. The van der Waals surface area contributed by atoms with E-state index in [4.69, 9.17) is 0 Å². The Kier molecular flexibility index (Phi) is 5.38. The van der Waals surface area contributed by atoms with Gasteiger partial charge in [-0.15, -0.1) is 0 Å². The van der Waals surface area contributed by atoms with Crippen molar-refractivity contribution in [1.29, 1.82) is 0 Å². The first-order valence-electron chi connectivity index (χ1n) is 10.2. The summed E-state index contributed by atoms with van der Waals surface area (Å²) in [6.45, 7) is 6.99. The second-order valence-corrected chi connectivity index (χ2v) is 8.04. The second kappa shape index (κ2) is 8.11. The van der Waals surface area contributed by atoms with Crippen LogP contribution in [0.3, 0.4) is 0 Å². The number of aromatic nitrogens is 1. The number of nitrogens with one attached hydrogen (secondary N) is 2. The van der Waals surface area contributed by atoms with E-state index in [9.17, 15) is 9.59 Å². The maximum Gasteiger partial charge on any atom is 0.254 e. The number of fused-ring (bicyclic) bond motifs is 1. The molecule has 2 aliphatic heterocycles. The number of rotatable bonds is 4. The third-order valence-electron chi connectivity index (χ3n) is 5.42. The number of piperazine rings is 1. The van der Waals surface area contributed by atoms with Crippen LogP contribution in [0.1, 0.15) is 30.6 Å². The Morgan fingerprint density at radius 2 is 1.93 bits per heavy atom. The van der Waals surface area contributed by atoms with Crippen molar-refractivity contribution in [1.82, 2.24) is 9.88 Å². The van der Waals surface area contributed by atoms with Crippen molar-refractivity contribution in [2.45, 2.75) is 26.3 Å². The Balaban J connectivity index is 1.42. The quantitative estimate of drug-likeness (QED) is 0.835. The molecular weight excluding hydrogens is 366 g/mol. The second-order valence-electron chi connectivity index (χ2n) is 8.04. The maximum absolute atomic E-state index is 13.0. The van der Waals surface area contributed by atoms with Crippen molar-refractivity contribution in [3.63, 3.8) is 0 Å². The molecule has 2 aliphatic rings. The number of amides is 2. The van der Waals surface area contributed by atoms with E-state index >= 15 is 0 Å². The number of nitrogens with zero attached hydrogens (tertiary/aromatic N) is 3. The molecule has 2 amide bonds. The van der Waals surface area contributed by atoms with Gasteiger partial charge in [0.15, 0.2) is 0 Å². The molecule has 0 spiro atoms. The lowest BCUT2D eigenvalue weighted by Crippen LogP contribution is -2.49. The van der Waals surface area contributed by atoms with Crippen molar-refractivity contribution >= 4 is 29.0 Å². The van der Waals surface area contributed by atoms with Gasteiger partial charge in [0.1, 0.15) is 11.9 Å². The lowest BCUT2D eigenvalue weighted by atomic mass is 10.00. The number of carbonyl (C=O) groups excluding carboxylic acids is 2. The van der Waals surface area contributed by atoms with Crippen LogP contribution in [0.4, 0.5) is 17.2 Å². The minimum Gasteiger partial charge on any atom is -0.372 e. The van der Waals surface area contributed by atoms with Crippen LogP contribution < -0.4 is 15.5 Å². The molecule has 2 aromatic rings. The minimum atomic E-state index is -0.233. The molecule has 1 saturated heterocycles. The van der Waals surface area contributed by atoms with Crippen LogP contribution in [0.5, 0.6) is 0 Å². The Morgan fingerprint density at radius 1 is 1.14 bits per heavy atom. The van der Waals surface area contributed by atoms with Gasteiger partial charge in [0, 0.05) is 37.9 Å². The molecule has 7 nitrogen and oxygen atoms in total. The van der Waals surface area contributed by atoms with Gasteiger partial charge in [0.2, 0.25) is 5.91 Å². The van der Waals surface area contributed by atoms with E-state index in [-0.39, 0.29) is 17.9 Å². The number of anilines is 3. The average Bonchev–Trinajstić information content (AvgIpc) is 2.74. The fraction of sp³-hybridized carbons (Fsp3) is 0.409. The van der Waals surface area contributed by atoms with Crippen LogP contribution >= 0.6 is 0 Å². The van der Waals surface area contributed by atoms with Gasteiger partial charge in [0.25, 0.3) is 5.91 Å². The topological polar surface area (TPSA) is 77.6 Å². The lowest BCUT2D eigenvalue weighted by molar-refractivity contribution is -0.117. The molecule has 152 valence electrons. The molecule has 1 unspecified atom stereocenters. The summed E-state index contributed by atoms with van der Waals surface area (Å²) < 4.78 is 0. The summed E-state index contributed by atoms with van der Waals surface area (Å²) in [7, 11) is 0. The summed E-state index contributed by atoms with van der Waals surface area (Å²) in [6, 6.07) is 11.1. The van der Waals surface area contributed by atoms with E-state index in [1.165, 1.54) is 0 Å². The smallest absolute Gasteiger partial charge is 0.254 e. The predicted molar refractivity (Wildman–Crippen MR) is 114 cm³/mol. The highest BCUT2D eigenvalue weighted by molar-refractivity contribution is 6.05. The first kappa shape index (κ1) is 19.2. The summed E-state index contributed by atoms with van der Waals surface area (Å²) in [5, 5.41) is 6.25. The monoisotopic (exact) mass is 393 g/mol. The molecule has 0 bridgehead atoms. The van der Waals surface area contributed by atoms with E-state index in [1.54, 1.807) is 12.3 Å². The van der Waals surface area contributed by atoms with E-state index in [0.717, 1.165) is 31.0 Å². The number of pyridine rings is 1. The van der Waals surface area contributed by atoms with Gasteiger partial charge < -0.3 is 20.4 Å². The summed E-state index contributed by atoms with van der Waals surface area (Å²) in [4.78, 5) is 33.8. The van der Waals surface area contributed by atoms with Gasteiger partial charge in [-0.25, -0.2) is 4.98 Å². The van der Waals surface area contributed by atoms with Crippen molar-refractivity contribution in [3.8, 4) is 0 Å². The normalized spacial score (nSPS) is 18.9. The molecule has 7 heteroatoms. The van der Waals surface area contributed by atoms with Gasteiger partial charge >= 0.3 is 0 Å². The standard InChI is InChI=1S/C22H27N5O2/c1-15(2)13-19-21(28)25-18-14-16(6-7-17(18)24-19)22(29)27-11-9-26(10-12-27)20-5-3-4-8-23-20/h3-8,14-15,19,24H,9-13H2,1-2H3,(H,25,28). The van der Waals surface area contributed by atoms with Gasteiger partial charge in [-0.05, 0) is 42.7 Å². The number of benzene rings is 1. The molecule has 1 atom stereocenters. The van der Waals surface area contributed by atoms with E-state index in [1.807, 2.05) is 35.2 Å². The molecule has 0 aliphatic carbocycles. The molecule has 1 aromatic carbocycles. The molecule has 1 fully saturated rings. The zero-order chi connectivity index (χ0) is 20.4. The molecule has 0 radical (unpaired) electrons. The third-order valence-corrected chi connectivity index (χ3v) is 5.42. The van der Waals surface area contributed by atoms with Crippen LogP contribution in [0.2, 0.25) is 0 Å². The zero-order valence-corrected chi connectivity index (χ0v) is 16.9. The van der Waals surface area contributed by atoms with E-state index < -0.39 is 0 Å². The molecule has 0 saturated carbocycles. The van der Waals surface area contributed by atoms with Crippen molar-refractivity contribution in [2.24, 2.45) is 5.92 Å². The number of carbonyl (C=O) groups is 2. The van der Waals surface area contributed by atoms with Crippen LogP contribution in [-0.2, 0) is 4.79 Å². The van der Waals surface area contributed by atoms with Gasteiger partial charge in [0.05, 0.1) is 11.4 Å². The summed E-state index contributed by atoms with van der Waals surface area (Å²) >= 11 is 0. The highest BCUT2D eigenvalue weighted by atomic mass is 16.2. The van der Waals surface area contributed by atoms with E-state index in [0.29, 0.717) is 30.3 Å². The van der Waals surface area contributed by atoms with Gasteiger partial charge in [-0.3, -0.25) is 9.59 Å².